The third kappa shape index (κ3) is 4.35. The monoisotopic (exact) mass is 278 g/mol. The van der Waals surface area contributed by atoms with Crippen molar-refractivity contribution in [2.24, 2.45) is 11.8 Å². The molecule has 1 unspecified atom stereocenters. The van der Waals surface area contributed by atoms with E-state index in [1.165, 1.54) is 18.4 Å². The molecule has 1 aromatic heterocycles. The molecule has 1 N–H and O–H groups in total. The van der Waals surface area contributed by atoms with Crippen LogP contribution in [0.3, 0.4) is 0 Å². The quantitative estimate of drug-likeness (QED) is 0.788. The van der Waals surface area contributed by atoms with Crippen molar-refractivity contribution in [1.82, 2.24) is 10.2 Å². The highest BCUT2D eigenvalue weighted by molar-refractivity contribution is 5.20. The van der Waals surface area contributed by atoms with Gasteiger partial charge >= 0.3 is 0 Å². The van der Waals surface area contributed by atoms with Crippen LogP contribution < -0.4 is 5.32 Å². The summed E-state index contributed by atoms with van der Waals surface area (Å²) in [5.41, 5.74) is 1.30. The number of nitrogens with zero attached hydrogens (tertiary/aromatic N) is 1. The molecule has 20 heavy (non-hydrogen) atoms. The van der Waals surface area contributed by atoms with Crippen LogP contribution in [0.4, 0.5) is 0 Å². The van der Waals surface area contributed by atoms with E-state index in [4.69, 9.17) is 4.42 Å². The standard InChI is InChI=1S/C17H30N2O/c1-12(2)9-18-10-16-8-17(20-14(16)4)11-19(5)13(3)15-6-7-15/h8,12-13,15,18H,6-7,9-11H2,1-5H3. The van der Waals surface area contributed by atoms with Crippen LogP contribution in [-0.2, 0) is 13.1 Å². The lowest BCUT2D eigenvalue weighted by Gasteiger charge is -2.23. The molecule has 0 aliphatic heterocycles. The number of aryl methyl sites for hydroxylation is 1. The third-order valence-corrected chi connectivity index (χ3v) is 4.34. The predicted molar refractivity (Wildman–Crippen MR) is 83.6 cm³/mol. The summed E-state index contributed by atoms with van der Waals surface area (Å²) in [6.07, 6.45) is 2.79. The second-order valence-electron chi connectivity index (χ2n) is 6.81. The Kier molecular flexibility index (Phi) is 5.28. The maximum Gasteiger partial charge on any atom is 0.118 e. The fraction of sp³-hybridized carbons (Fsp3) is 0.765. The smallest absolute Gasteiger partial charge is 0.118 e. The van der Waals surface area contributed by atoms with Crippen molar-refractivity contribution in [2.75, 3.05) is 13.6 Å². The van der Waals surface area contributed by atoms with Gasteiger partial charge in [-0.05, 0) is 58.2 Å². The Hall–Kier alpha value is -0.800. The molecule has 1 saturated carbocycles. The summed E-state index contributed by atoms with van der Waals surface area (Å²) in [6.45, 7) is 11.7. The van der Waals surface area contributed by atoms with E-state index in [1.54, 1.807) is 0 Å². The van der Waals surface area contributed by atoms with E-state index in [0.29, 0.717) is 12.0 Å². The molecule has 0 radical (unpaired) electrons. The van der Waals surface area contributed by atoms with E-state index in [1.807, 2.05) is 0 Å². The molecule has 1 fully saturated rings. The highest BCUT2D eigenvalue weighted by atomic mass is 16.3. The van der Waals surface area contributed by atoms with Gasteiger partial charge in [0.2, 0.25) is 0 Å². The lowest BCUT2D eigenvalue weighted by molar-refractivity contribution is 0.209. The molecule has 1 aliphatic carbocycles. The van der Waals surface area contributed by atoms with Crippen molar-refractivity contribution >= 4 is 0 Å². The minimum absolute atomic E-state index is 0.669. The predicted octanol–water partition coefficient (Wildman–Crippen LogP) is 3.56. The lowest BCUT2D eigenvalue weighted by Crippen LogP contribution is -2.30. The summed E-state index contributed by atoms with van der Waals surface area (Å²) in [4.78, 5) is 2.42. The van der Waals surface area contributed by atoms with E-state index in [-0.39, 0.29) is 0 Å². The highest BCUT2D eigenvalue weighted by Gasteiger charge is 2.30. The van der Waals surface area contributed by atoms with Crippen LogP contribution in [0, 0.1) is 18.8 Å². The Morgan fingerprint density at radius 3 is 2.65 bits per heavy atom. The molecule has 3 nitrogen and oxygen atoms in total. The third-order valence-electron chi connectivity index (χ3n) is 4.34. The largest absolute Gasteiger partial charge is 0.465 e. The summed E-state index contributed by atoms with van der Waals surface area (Å²) >= 11 is 0. The Morgan fingerprint density at radius 2 is 2.05 bits per heavy atom. The molecule has 114 valence electrons. The highest BCUT2D eigenvalue weighted by Crippen LogP contribution is 2.35. The number of hydrogen-bond acceptors (Lipinski definition) is 3. The number of nitrogens with one attached hydrogen (secondary N) is 1. The first-order chi connectivity index (χ1) is 9.47. The van der Waals surface area contributed by atoms with Crippen LogP contribution in [0.1, 0.15) is 50.7 Å². The molecule has 1 aromatic rings. The minimum atomic E-state index is 0.669. The molecule has 0 saturated heterocycles. The first-order valence-corrected chi connectivity index (χ1v) is 7.96. The van der Waals surface area contributed by atoms with Gasteiger partial charge in [-0.1, -0.05) is 13.8 Å². The van der Waals surface area contributed by atoms with E-state index in [2.05, 4.69) is 51.0 Å². The van der Waals surface area contributed by atoms with Gasteiger partial charge in [0.25, 0.3) is 0 Å². The summed E-state index contributed by atoms with van der Waals surface area (Å²) in [6, 6.07) is 2.89. The average molecular weight is 278 g/mol. The molecule has 1 aliphatic rings. The normalized spacial score (nSPS) is 17.1. The molecule has 0 bridgehead atoms. The molecular formula is C17H30N2O. The van der Waals surface area contributed by atoms with Crippen molar-refractivity contribution < 1.29 is 4.42 Å². The fourth-order valence-corrected chi connectivity index (χ4v) is 2.66. The molecule has 0 amide bonds. The van der Waals surface area contributed by atoms with Gasteiger partial charge in [-0.15, -0.1) is 0 Å². The maximum absolute atomic E-state index is 5.91. The summed E-state index contributed by atoms with van der Waals surface area (Å²) in [5, 5.41) is 3.49. The molecule has 2 rings (SSSR count). The number of furan rings is 1. The van der Waals surface area contributed by atoms with Crippen LogP contribution in [0.15, 0.2) is 10.5 Å². The number of hydrogen-bond donors (Lipinski definition) is 1. The van der Waals surface area contributed by atoms with Gasteiger partial charge in [-0.3, -0.25) is 4.90 Å². The van der Waals surface area contributed by atoms with Crippen molar-refractivity contribution in [1.29, 1.82) is 0 Å². The Bertz CT molecular complexity index is 421. The average Bonchev–Trinajstić information content (AvgIpc) is 3.15. The van der Waals surface area contributed by atoms with Crippen molar-refractivity contribution in [2.45, 2.75) is 59.7 Å². The molecule has 0 spiro atoms. The second kappa shape index (κ2) is 6.77. The van der Waals surface area contributed by atoms with Crippen LogP contribution in [0.5, 0.6) is 0 Å². The zero-order valence-electron chi connectivity index (χ0n) is 13.7. The molecule has 3 heteroatoms. The molecule has 1 atom stereocenters. The van der Waals surface area contributed by atoms with E-state index >= 15 is 0 Å². The summed E-state index contributed by atoms with van der Waals surface area (Å²) in [5.74, 6) is 3.75. The Labute approximate surface area is 123 Å². The fourth-order valence-electron chi connectivity index (χ4n) is 2.66. The van der Waals surface area contributed by atoms with Gasteiger partial charge in [-0.25, -0.2) is 0 Å². The summed E-state index contributed by atoms with van der Waals surface area (Å²) in [7, 11) is 2.21. The van der Waals surface area contributed by atoms with Gasteiger partial charge in [0.1, 0.15) is 11.5 Å². The van der Waals surface area contributed by atoms with E-state index in [0.717, 1.165) is 37.1 Å². The first kappa shape index (κ1) is 15.6. The maximum atomic E-state index is 5.91. The van der Waals surface area contributed by atoms with Crippen molar-refractivity contribution in [3.63, 3.8) is 0 Å². The van der Waals surface area contributed by atoms with Gasteiger partial charge < -0.3 is 9.73 Å². The molecule has 1 heterocycles. The first-order valence-electron chi connectivity index (χ1n) is 7.96. The van der Waals surface area contributed by atoms with Gasteiger partial charge in [0.05, 0.1) is 6.54 Å². The zero-order valence-corrected chi connectivity index (χ0v) is 13.7. The second-order valence-corrected chi connectivity index (χ2v) is 6.81. The van der Waals surface area contributed by atoms with E-state index in [9.17, 15) is 0 Å². The molecule has 0 aromatic carbocycles. The van der Waals surface area contributed by atoms with Crippen LogP contribution in [0.2, 0.25) is 0 Å². The van der Waals surface area contributed by atoms with Gasteiger partial charge in [0.15, 0.2) is 0 Å². The van der Waals surface area contributed by atoms with Crippen molar-refractivity contribution in [3.05, 3.63) is 23.2 Å². The van der Waals surface area contributed by atoms with Gasteiger partial charge in [0, 0.05) is 18.2 Å². The zero-order chi connectivity index (χ0) is 14.7. The minimum Gasteiger partial charge on any atom is -0.465 e. The molecular weight excluding hydrogens is 248 g/mol. The van der Waals surface area contributed by atoms with Crippen LogP contribution >= 0.6 is 0 Å². The topological polar surface area (TPSA) is 28.4 Å². The van der Waals surface area contributed by atoms with Crippen molar-refractivity contribution in [3.8, 4) is 0 Å². The SMILES string of the molecule is Cc1oc(CN(C)C(C)C2CC2)cc1CNCC(C)C. The lowest BCUT2D eigenvalue weighted by atomic mass is 10.2. The van der Waals surface area contributed by atoms with Crippen LogP contribution in [-0.4, -0.2) is 24.5 Å². The van der Waals surface area contributed by atoms with E-state index < -0.39 is 0 Å². The van der Waals surface area contributed by atoms with Crippen LogP contribution in [0.25, 0.3) is 0 Å². The summed E-state index contributed by atoms with van der Waals surface area (Å²) < 4.78 is 5.91. The number of rotatable bonds is 8. The Balaban J connectivity index is 1.86. The Morgan fingerprint density at radius 1 is 1.35 bits per heavy atom. The van der Waals surface area contributed by atoms with Gasteiger partial charge in [-0.2, -0.15) is 0 Å².